The molecular formula is C21H22O5. The van der Waals surface area contributed by atoms with Crippen LogP contribution in [0.5, 0.6) is 0 Å². The number of rotatable bonds is 2. The predicted molar refractivity (Wildman–Crippen MR) is 94.0 cm³/mol. The molecule has 4 aliphatic rings. The third-order valence-electron chi connectivity index (χ3n) is 7.02. The second-order valence-corrected chi connectivity index (χ2v) is 8.25. The highest BCUT2D eigenvalue weighted by atomic mass is 16.3. The van der Waals surface area contributed by atoms with E-state index in [9.17, 15) is 24.6 Å². The quantitative estimate of drug-likeness (QED) is 0.786. The lowest BCUT2D eigenvalue weighted by molar-refractivity contribution is -0.156. The number of carbonyl (C=O) groups is 3. The number of aliphatic hydroxyl groups is 2. The van der Waals surface area contributed by atoms with Crippen LogP contribution in [0.4, 0.5) is 0 Å². The fraction of sp³-hybridized carbons (Fsp3) is 0.476. The largest absolute Gasteiger partial charge is 0.388 e. The molecule has 0 unspecified atom stereocenters. The fourth-order valence-corrected chi connectivity index (χ4v) is 5.47. The molecule has 4 rings (SSSR count). The molecular weight excluding hydrogens is 332 g/mol. The third-order valence-corrected chi connectivity index (χ3v) is 7.02. The van der Waals surface area contributed by atoms with Gasteiger partial charge in [0.15, 0.2) is 17.3 Å². The second kappa shape index (κ2) is 5.21. The number of aliphatic hydroxyl groups excluding tert-OH is 1. The van der Waals surface area contributed by atoms with Crippen molar-refractivity contribution in [2.75, 3.05) is 6.61 Å². The summed E-state index contributed by atoms with van der Waals surface area (Å²) in [5.74, 6) is -0.963. The Balaban J connectivity index is 1.88. The Bertz CT molecular complexity index is 873. The summed E-state index contributed by atoms with van der Waals surface area (Å²) in [5.41, 5.74) is -0.969. The van der Waals surface area contributed by atoms with Crippen molar-refractivity contribution in [1.82, 2.24) is 0 Å². The highest BCUT2D eigenvalue weighted by molar-refractivity contribution is 6.07. The molecule has 1 fully saturated rings. The molecule has 136 valence electrons. The Morgan fingerprint density at radius 3 is 2.65 bits per heavy atom. The van der Waals surface area contributed by atoms with E-state index in [1.54, 1.807) is 19.1 Å². The number of allylic oxidation sites excluding steroid dienone is 8. The zero-order chi connectivity index (χ0) is 18.9. The lowest BCUT2D eigenvalue weighted by Crippen LogP contribution is -2.55. The van der Waals surface area contributed by atoms with Gasteiger partial charge in [-0.15, -0.1) is 0 Å². The molecule has 0 aromatic heterocycles. The molecule has 0 spiro atoms. The number of Topliss-reactive ketones (excluding diaryl/α,β-unsaturated/α-hetero) is 2. The van der Waals surface area contributed by atoms with Gasteiger partial charge >= 0.3 is 0 Å². The van der Waals surface area contributed by atoms with Gasteiger partial charge in [0, 0.05) is 22.8 Å². The van der Waals surface area contributed by atoms with Crippen LogP contribution >= 0.6 is 0 Å². The minimum absolute atomic E-state index is 0.0528. The first-order chi connectivity index (χ1) is 12.2. The van der Waals surface area contributed by atoms with Crippen molar-refractivity contribution in [3.05, 3.63) is 47.1 Å². The summed E-state index contributed by atoms with van der Waals surface area (Å²) in [6.07, 6.45) is 9.43. The number of hydrogen-bond acceptors (Lipinski definition) is 5. The predicted octanol–water partition coefficient (Wildman–Crippen LogP) is 1.61. The summed E-state index contributed by atoms with van der Waals surface area (Å²) >= 11 is 0. The maximum Gasteiger partial charge on any atom is 0.190 e. The highest BCUT2D eigenvalue weighted by Crippen LogP contribution is 2.62. The number of carbonyl (C=O) groups excluding carboxylic acids is 3. The molecule has 2 N–H and O–H groups in total. The van der Waals surface area contributed by atoms with Gasteiger partial charge in [0.1, 0.15) is 12.2 Å². The van der Waals surface area contributed by atoms with E-state index in [1.165, 1.54) is 6.08 Å². The first kappa shape index (κ1) is 17.3. The molecule has 0 saturated heterocycles. The Morgan fingerprint density at radius 2 is 1.96 bits per heavy atom. The van der Waals surface area contributed by atoms with Gasteiger partial charge in [-0.05, 0) is 49.0 Å². The molecule has 1 saturated carbocycles. The van der Waals surface area contributed by atoms with Crippen LogP contribution in [0.2, 0.25) is 0 Å². The molecule has 0 aliphatic heterocycles. The number of fused-ring (bicyclic) bond motifs is 4. The molecule has 0 radical (unpaired) electrons. The van der Waals surface area contributed by atoms with Crippen LogP contribution in [0.25, 0.3) is 0 Å². The van der Waals surface area contributed by atoms with Crippen molar-refractivity contribution in [1.29, 1.82) is 0 Å². The molecule has 0 bridgehead atoms. The Hall–Kier alpha value is -2.11. The van der Waals surface area contributed by atoms with Crippen LogP contribution in [0.15, 0.2) is 47.1 Å². The molecule has 5 nitrogen and oxygen atoms in total. The maximum atomic E-state index is 13.2. The van der Waals surface area contributed by atoms with E-state index in [-0.39, 0.29) is 30.3 Å². The maximum absolute atomic E-state index is 13.2. The van der Waals surface area contributed by atoms with Gasteiger partial charge in [-0.1, -0.05) is 25.2 Å². The molecule has 0 amide bonds. The molecule has 0 heterocycles. The summed E-state index contributed by atoms with van der Waals surface area (Å²) in [6.45, 7) is 2.98. The topological polar surface area (TPSA) is 91.7 Å². The van der Waals surface area contributed by atoms with Crippen molar-refractivity contribution in [3.8, 4) is 0 Å². The second-order valence-electron chi connectivity index (χ2n) is 8.25. The van der Waals surface area contributed by atoms with Crippen molar-refractivity contribution >= 4 is 17.3 Å². The van der Waals surface area contributed by atoms with Crippen LogP contribution < -0.4 is 0 Å². The van der Waals surface area contributed by atoms with E-state index < -0.39 is 28.8 Å². The first-order valence-electron chi connectivity index (χ1n) is 8.95. The zero-order valence-corrected chi connectivity index (χ0v) is 14.9. The van der Waals surface area contributed by atoms with Crippen LogP contribution in [0.3, 0.4) is 0 Å². The van der Waals surface area contributed by atoms with Gasteiger partial charge in [0.05, 0.1) is 0 Å². The Labute approximate surface area is 151 Å². The van der Waals surface area contributed by atoms with E-state index in [0.717, 1.165) is 11.1 Å². The van der Waals surface area contributed by atoms with Crippen LogP contribution in [-0.4, -0.2) is 39.8 Å². The SMILES string of the molecule is C[C@]12C=CC(=O)C=C1C=CC1=C2C(=O)C[C@@]2(C)[C@H]1CC[C@]2(O)C(=O)CO. The highest BCUT2D eigenvalue weighted by Gasteiger charge is 2.64. The standard InChI is InChI=1S/C21H22O5/c1-19-7-5-13(23)9-12(19)3-4-14-15-6-8-21(26,17(25)11-22)20(15,2)10-16(24)18(14)19/h3-5,7,9,15,22,26H,6,8,10-11H2,1-2H3/t15-,19-,20-,21-/m0/s1. The van der Waals surface area contributed by atoms with Crippen LogP contribution in [0, 0.1) is 16.7 Å². The van der Waals surface area contributed by atoms with E-state index in [1.807, 2.05) is 19.1 Å². The molecule has 26 heavy (non-hydrogen) atoms. The summed E-state index contributed by atoms with van der Waals surface area (Å²) in [5, 5.41) is 20.4. The third kappa shape index (κ3) is 1.90. The normalized spacial score (nSPS) is 40.9. The number of ketones is 3. The van der Waals surface area contributed by atoms with Crippen molar-refractivity contribution < 1.29 is 24.6 Å². The number of hydrogen-bond donors (Lipinski definition) is 2. The summed E-state index contributed by atoms with van der Waals surface area (Å²) in [7, 11) is 0. The lowest BCUT2D eigenvalue weighted by atomic mass is 9.54. The average Bonchev–Trinajstić information content (AvgIpc) is 2.86. The minimum atomic E-state index is -1.69. The van der Waals surface area contributed by atoms with Gasteiger partial charge in [0.2, 0.25) is 0 Å². The fourth-order valence-electron chi connectivity index (χ4n) is 5.47. The van der Waals surface area contributed by atoms with Crippen molar-refractivity contribution in [2.45, 2.75) is 38.7 Å². The summed E-state index contributed by atoms with van der Waals surface area (Å²) in [6, 6.07) is 0. The van der Waals surface area contributed by atoms with E-state index in [0.29, 0.717) is 12.0 Å². The van der Waals surface area contributed by atoms with Gasteiger partial charge in [-0.2, -0.15) is 0 Å². The van der Waals surface area contributed by atoms with Gasteiger partial charge in [-0.25, -0.2) is 0 Å². The Morgan fingerprint density at radius 1 is 1.23 bits per heavy atom. The Kier molecular flexibility index (Phi) is 3.47. The minimum Gasteiger partial charge on any atom is -0.388 e. The van der Waals surface area contributed by atoms with E-state index in [2.05, 4.69) is 0 Å². The first-order valence-corrected chi connectivity index (χ1v) is 8.95. The smallest absolute Gasteiger partial charge is 0.190 e. The molecule has 4 aliphatic carbocycles. The molecule has 0 aromatic carbocycles. The average molecular weight is 354 g/mol. The van der Waals surface area contributed by atoms with Gasteiger partial charge in [0.25, 0.3) is 0 Å². The summed E-state index contributed by atoms with van der Waals surface area (Å²) < 4.78 is 0. The molecule has 0 aromatic rings. The van der Waals surface area contributed by atoms with Gasteiger partial charge in [-0.3, -0.25) is 14.4 Å². The van der Waals surface area contributed by atoms with Crippen molar-refractivity contribution in [2.24, 2.45) is 16.7 Å². The van der Waals surface area contributed by atoms with E-state index >= 15 is 0 Å². The zero-order valence-electron chi connectivity index (χ0n) is 14.9. The lowest BCUT2D eigenvalue weighted by Gasteiger charge is -2.48. The monoisotopic (exact) mass is 354 g/mol. The molecule has 4 atom stereocenters. The summed E-state index contributed by atoms with van der Waals surface area (Å²) in [4.78, 5) is 37.2. The van der Waals surface area contributed by atoms with Gasteiger partial charge < -0.3 is 10.2 Å². The van der Waals surface area contributed by atoms with Crippen LogP contribution in [0.1, 0.15) is 33.1 Å². The molecule has 5 heteroatoms. The van der Waals surface area contributed by atoms with Crippen LogP contribution in [-0.2, 0) is 14.4 Å². The van der Waals surface area contributed by atoms with Crippen molar-refractivity contribution in [3.63, 3.8) is 0 Å². The van der Waals surface area contributed by atoms with E-state index in [4.69, 9.17) is 0 Å².